The third kappa shape index (κ3) is 5.05. The van der Waals surface area contributed by atoms with E-state index < -0.39 is 24.3 Å². The molecule has 2 aromatic carbocycles. The van der Waals surface area contributed by atoms with Crippen LogP contribution in [0, 0.1) is 5.41 Å². The number of nitrogens with two attached hydrogens (primary N) is 1. The van der Waals surface area contributed by atoms with Gasteiger partial charge < -0.3 is 31.5 Å². The van der Waals surface area contributed by atoms with Crippen LogP contribution in [0.15, 0.2) is 42.5 Å². The van der Waals surface area contributed by atoms with Gasteiger partial charge in [-0.25, -0.2) is 0 Å². The largest absolute Gasteiger partial charge is 0.395 e. The van der Waals surface area contributed by atoms with Crippen LogP contribution >= 0.6 is 0 Å². The summed E-state index contributed by atoms with van der Waals surface area (Å²) in [6.07, 6.45) is -2.14. The Morgan fingerprint density at radius 1 is 1.23 bits per heavy atom. The second kappa shape index (κ2) is 9.37. The third-order valence-corrected chi connectivity index (χ3v) is 4.85. The standard InChI is InChI=1S/C21H23N5O5/c22-19(23)12-1-4-14(5-2-12)25-21(31)17(28)10-18(29)26(7-8-27)15-6-3-13-11-24-20(30)16(13)9-15/h1-6,9,17,27-28H,7-8,10-11H2,(H3,22,23)(H,24,30)(H,25,31). The Morgan fingerprint density at radius 3 is 2.58 bits per heavy atom. The molecule has 0 aromatic heterocycles. The smallest absolute Gasteiger partial charge is 0.253 e. The summed E-state index contributed by atoms with van der Waals surface area (Å²) in [7, 11) is 0. The monoisotopic (exact) mass is 425 g/mol. The van der Waals surface area contributed by atoms with Gasteiger partial charge >= 0.3 is 0 Å². The lowest BCUT2D eigenvalue weighted by Gasteiger charge is -2.23. The maximum atomic E-state index is 12.7. The first-order valence-corrected chi connectivity index (χ1v) is 9.56. The van der Waals surface area contributed by atoms with Crippen molar-refractivity contribution < 1.29 is 24.6 Å². The molecule has 0 aliphatic carbocycles. The summed E-state index contributed by atoms with van der Waals surface area (Å²) in [5, 5.41) is 32.1. The van der Waals surface area contributed by atoms with Crippen molar-refractivity contribution in [1.82, 2.24) is 5.32 Å². The van der Waals surface area contributed by atoms with Crippen LogP contribution < -0.4 is 21.3 Å². The summed E-state index contributed by atoms with van der Waals surface area (Å²) in [5.41, 5.74) is 7.88. The first-order chi connectivity index (χ1) is 14.8. The Labute approximate surface area is 178 Å². The van der Waals surface area contributed by atoms with Gasteiger partial charge in [-0.2, -0.15) is 0 Å². The molecule has 1 heterocycles. The minimum absolute atomic E-state index is 0.0555. The van der Waals surface area contributed by atoms with E-state index in [2.05, 4.69) is 10.6 Å². The average molecular weight is 425 g/mol. The zero-order chi connectivity index (χ0) is 22.5. The van der Waals surface area contributed by atoms with Gasteiger partial charge in [-0.3, -0.25) is 19.8 Å². The lowest BCUT2D eigenvalue weighted by molar-refractivity contribution is -0.129. The van der Waals surface area contributed by atoms with Crippen LogP contribution in [-0.2, 0) is 16.1 Å². The molecule has 0 radical (unpaired) electrons. The number of fused-ring (bicyclic) bond motifs is 1. The minimum Gasteiger partial charge on any atom is -0.395 e. The number of hydrogen-bond donors (Lipinski definition) is 6. The summed E-state index contributed by atoms with van der Waals surface area (Å²) in [6.45, 7) is 0.0224. The Morgan fingerprint density at radius 2 is 1.94 bits per heavy atom. The van der Waals surface area contributed by atoms with Crippen molar-refractivity contribution in [3.05, 3.63) is 59.2 Å². The lowest BCUT2D eigenvalue weighted by atomic mass is 10.1. The summed E-state index contributed by atoms with van der Waals surface area (Å²) < 4.78 is 0. The molecular weight excluding hydrogens is 402 g/mol. The van der Waals surface area contributed by atoms with E-state index >= 15 is 0 Å². The maximum absolute atomic E-state index is 12.7. The van der Waals surface area contributed by atoms with E-state index in [-0.39, 0.29) is 24.9 Å². The van der Waals surface area contributed by atoms with Gasteiger partial charge in [-0.15, -0.1) is 0 Å². The number of anilines is 2. The van der Waals surface area contributed by atoms with E-state index in [0.29, 0.717) is 29.0 Å². The van der Waals surface area contributed by atoms with E-state index in [9.17, 15) is 24.6 Å². The van der Waals surface area contributed by atoms with Crippen molar-refractivity contribution in [3.63, 3.8) is 0 Å². The van der Waals surface area contributed by atoms with Gasteiger partial charge in [0.15, 0.2) is 0 Å². The normalized spacial score (nSPS) is 13.2. The van der Waals surface area contributed by atoms with Gasteiger partial charge in [-0.05, 0) is 42.0 Å². The van der Waals surface area contributed by atoms with Crippen LogP contribution in [0.25, 0.3) is 0 Å². The topological polar surface area (TPSA) is 169 Å². The number of nitrogens with one attached hydrogen (secondary N) is 3. The van der Waals surface area contributed by atoms with Crippen LogP contribution in [0.2, 0.25) is 0 Å². The molecule has 0 saturated heterocycles. The number of amidine groups is 1. The number of carbonyl (C=O) groups is 3. The van der Waals surface area contributed by atoms with Crippen molar-refractivity contribution in [2.45, 2.75) is 19.1 Å². The number of amides is 3. The number of hydrogen-bond acceptors (Lipinski definition) is 6. The van der Waals surface area contributed by atoms with Crippen LogP contribution in [0.5, 0.6) is 0 Å². The Kier molecular flexibility index (Phi) is 6.63. The second-order valence-electron chi connectivity index (χ2n) is 6.99. The van der Waals surface area contributed by atoms with Gasteiger partial charge in [0.25, 0.3) is 11.8 Å². The molecule has 0 fully saturated rings. The molecule has 0 spiro atoms. The number of nitrogens with zero attached hydrogens (tertiary/aromatic N) is 1. The number of aliphatic hydroxyl groups excluding tert-OH is 2. The molecular formula is C21H23N5O5. The van der Waals surface area contributed by atoms with Crippen LogP contribution in [-0.4, -0.2) is 53.0 Å². The second-order valence-corrected chi connectivity index (χ2v) is 6.99. The number of benzene rings is 2. The Balaban J connectivity index is 1.67. The highest BCUT2D eigenvalue weighted by atomic mass is 16.3. The van der Waals surface area contributed by atoms with Gasteiger partial charge in [0, 0.05) is 35.6 Å². The molecule has 31 heavy (non-hydrogen) atoms. The van der Waals surface area contributed by atoms with E-state index in [1.165, 1.54) is 17.0 Å². The summed E-state index contributed by atoms with van der Waals surface area (Å²) in [5.74, 6) is -1.72. The maximum Gasteiger partial charge on any atom is 0.253 e. The van der Waals surface area contributed by atoms with Crippen molar-refractivity contribution in [2.75, 3.05) is 23.4 Å². The SMILES string of the molecule is N=C(N)c1ccc(NC(=O)C(O)CC(=O)N(CCO)c2ccc3c(c2)C(=O)NC3)cc1. The number of rotatable bonds is 8. The molecule has 3 amide bonds. The highest BCUT2D eigenvalue weighted by Gasteiger charge is 2.26. The van der Waals surface area contributed by atoms with Crippen molar-refractivity contribution in [1.29, 1.82) is 5.41 Å². The molecule has 1 unspecified atom stereocenters. The fraction of sp³-hybridized carbons (Fsp3) is 0.238. The molecule has 1 aliphatic rings. The Bertz CT molecular complexity index is 1020. The third-order valence-electron chi connectivity index (χ3n) is 4.85. The van der Waals surface area contributed by atoms with Gasteiger partial charge in [0.1, 0.15) is 11.9 Å². The number of aliphatic hydroxyl groups is 2. The lowest BCUT2D eigenvalue weighted by Crippen LogP contribution is -2.39. The highest BCUT2D eigenvalue weighted by Crippen LogP contribution is 2.24. The molecule has 7 N–H and O–H groups in total. The molecule has 162 valence electrons. The first kappa shape index (κ1) is 21.9. The zero-order valence-corrected chi connectivity index (χ0v) is 16.6. The average Bonchev–Trinajstić information content (AvgIpc) is 3.12. The van der Waals surface area contributed by atoms with E-state index in [4.69, 9.17) is 11.1 Å². The Hall–Kier alpha value is -3.76. The molecule has 1 aliphatic heterocycles. The van der Waals surface area contributed by atoms with Crippen molar-refractivity contribution in [2.24, 2.45) is 5.73 Å². The highest BCUT2D eigenvalue weighted by molar-refractivity contribution is 6.03. The van der Waals surface area contributed by atoms with E-state index in [1.54, 1.807) is 30.3 Å². The summed E-state index contributed by atoms with van der Waals surface area (Å²) in [4.78, 5) is 38.1. The molecule has 1 atom stereocenters. The molecule has 0 saturated carbocycles. The van der Waals surface area contributed by atoms with Crippen LogP contribution in [0.4, 0.5) is 11.4 Å². The summed E-state index contributed by atoms with van der Waals surface area (Å²) in [6, 6.07) is 11.1. The summed E-state index contributed by atoms with van der Waals surface area (Å²) >= 11 is 0. The molecule has 0 bridgehead atoms. The van der Waals surface area contributed by atoms with Gasteiger partial charge in [-0.1, -0.05) is 6.07 Å². The molecule has 3 rings (SSSR count). The molecule has 10 nitrogen and oxygen atoms in total. The van der Waals surface area contributed by atoms with Crippen LogP contribution in [0.3, 0.4) is 0 Å². The zero-order valence-electron chi connectivity index (χ0n) is 16.6. The predicted molar refractivity (Wildman–Crippen MR) is 114 cm³/mol. The number of carbonyl (C=O) groups excluding carboxylic acids is 3. The van der Waals surface area contributed by atoms with Crippen molar-refractivity contribution in [3.8, 4) is 0 Å². The van der Waals surface area contributed by atoms with E-state index in [0.717, 1.165) is 5.56 Å². The van der Waals surface area contributed by atoms with Gasteiger partial charge in [0.05, 0.1) is 13.0 Å². The van der Waals surface area contributed by atoms with Crippen LogP contribution in [0.1, 0.15) is 27.9 Å². The fourth-order valence-corrected chi connectivity index (χ4v) is 3.19. The molecule has 10 heteroatoms. The first-order valence-electron chi connectivity index (χ1n) is 9.56. The predicted octanol–water partition coefficient (Wildman–Crippen LogP) is -0.0709. The molecule has 2 aromatic rings. The van der Waals surface area contributed by atoms with Gasteiger partial charge in [0.2, 0.25) is 5.91 Å². The quantitative estimate of drug-likeness (QED) is 0.255. The fourth-order valence-electron chi connectivity index (χ4n) is 3.19. The minimum atomic E-state index is -1.63. The van der Waals surface area contributed by atoms with Crippen molar-refractivity contribution >= 4 is 34.9 Å². The number of nitrogen functional groups attached to an aromatic ring is 1. The van der Waals surface area contributed by atoms with E-state index in [1.807, 2.05) is 0 Å².